The van der Waals surface area contributed by atoms with Crippen LogP contribution in [0.1, 0.15) is 5.56 Å². The van der Waals surface area contributed by atoms with E-state index < -0.39 is 27.3 Å². The van der Waals surface area contributed by atoms with Gasteiger partial charge in [0.2, 0.25) is 10.0 Å². The zero-order chi connectivity index (χ0) is 29.0. The molecular formula is C28H30F2N6O4S. The highest BCUT2D eigenvalue weighted by Gasteiger charge is 2.35. The molecule has 1 aliphatic rings. The molecule has 0 saturated carbocycles. The van der Waals surface area contributed by atoms with Gasteiger partial charge in [0.1, 0.15) is 42.2 Å². The Hall–Kier alpha value is -4.23. The van der Waals surface area contributed by atoms with Crippen molar-refractivity contribution >= 4 is 27.1 Å². The van der Waals surface area contributed by atoms with E-state index in [0.29, 0.717) is 11.4 Å². The van der Waals surface area contributed by atoms with Crippen molar-refractivity contribution in [2.45, 2.75) is 12.1 Å². The number of hydrogen-bond donors (Lipinski definition) is 2. The number of halogens is 2. The second kappa shape index (κ2) is 11.7. The third kappa shape index (κ3) is 7.11. The number of nitrogens with one attached hydrogen (secondary N) is 1. The van der Waals surface area contributed by atoms with Crippen molar-refractivity contribution in [1.29, 1.82) is 0 Å². The van der Waals surface area contributed by atoms with Crippen molar-refractivity contribution < 1.29 is 27.0 Å². The molecule has 0 radical (unpaired) electrons. The smallest absolute Gasteiger partial charge is 0.229 e. The van der Waals surface area contributed by atoms with Crippen molar-refractivity contribution in [2.24, 2.45) is 0 Å². The van der Waals surface area contributed by atoms with Crippen LogP contribution in [0.3, 0.4) is 0 Å². The fraction of sp³-hybridized carbons (Fsp3) is 0.286. The van der Waals surface area contributed by atoms with Gasteiger partial charge in [0.25, 0.3) is 0 Å². The molecule has 5 rings (SSSR count). The van der Waals surface area contributed by atoms with E-state index in [9.17, 15) is 22.3 Å². The molecule has 1 atom stereocenters. The highest BCUT2D eigenvalue weighted by Crippen LogP contribution is 2.29. The van der Waals surface area contributed by atoms with Crippen LogP contribution in [0.15, 0.2) is 79.4 Å². The summed E-state index contributed by atoms with van der Waals surface area (Å²) in [6.07, 6.45) is 3.82. The molecule has 1 fully saturated rings. The van der Waals surface area contributed by atoms with Gasteiger partial charge < -0.3 is 19.6 Å². The molecule has 0 aliphatic carbocycles. The molecule has 3 aromatic carbocycles. The number of anilines is 3. The lowest BCUT2D eigenvalue weighted by molar-refractivity contribution is -0.0297. The fourth-order valence-corrected chi connectivity index (χ4v) is 5.36. The summed E-state index contributed by atoms with van der Waals surface area (Å²) in [5, 5.41) is 15.4. The summed E-state index contributed by atoms with van der Waals surface area (Å²) in [7, 11) is -3.32. The van der Waals surface area contributed by atoms with E-state index in [1.165, 1.54) is 23.4 Å². The zero-order valence-corrected chi connectivity index (χ0v) is 23.1. The van der Waals surface area contributed by atoms with E-state index in [4.69, 9.17) is 4.74 Å². The number of sulfonamides is 1. The zero-order valence-electron chi connectivity index (χ0n) is 22.3. The van der Waals surface area contributed by atoms with Crippen LogP contribution in [0.2, 0.25) is 0 Å². The predicted molar refractivity (Wildman–Crippen MR) is 152 cm³/mol. The average molecular weight is 585 g/mol. The van der Waals surface area contributed by atoms with Gasteiger partial charge in [-0.15, -0.1) is 0 Å². The van der Waals surface area contributed by atoms with Crippen LogP contribution in [0.4, 0.5) is 25.8 Å². The molecule has 2 heterocycles. The predicted octanol–water partition coefficient (Wildman–Crippen LogP) is 3.22. The number of hydrogen-bond acceptors (Lipinski definition) is 8. The highest BCUT2D eigenvalue weighted by molar-refractivity contribution is 7.92. The summed E-state index contributed by atoms with van der Waals surface area (Å²) in [5.74, 6) is -1.14. The molecule has 4 aromatic rings. The molecular weight excluding hydrogens is 554 g/mol. The third-order valence-corrected chi connectivity index (χ3v) is 7.42. The molecule has 0 spiro atoms. The van der Waals surface area contributed by atoms with Gasteiger partial charge in [-0.1, -0.05) is 6.07 Å². The van der Waals surface area contributed by atoms with Gasteiger partial charge >= 0.3 is 0 Å². The maximum absolute atomic E-state index is 14.6. The molecule has 1 aliphatic heterocycles. The van der Waals surface area contributed by atoms with Crippen molar-refractivity contribution in [3.8, 4) is 5.75 Å². The Kier molecular flexibility index (Phi) is 8.08. The second-order valence-corrected chi connectivity index (χ2v) is 11.7. The van der Waals surface area contributed by atoms with Gasteiger partial charge in [0.15, 0.2) is 0 Å². The van der Waals surface area contributed by atoms with Crippen molar-refractivity contribution in [2.75, 3.05) is 53.6 Å². The molecule has 1 aromatic heterocycles. The molecule has 1 saturated heterocycles. The molecule has 2 N–H and O–H groups in total. The first-order chi connectivity index (χ1) is 19.6. The van der Waals surface area contributed by atoms with Crippen molar-refractivity contribution in [3.05, 3.63) is 96.6 Å². The Bertz CT molecular complexity index is 1560. The average Bonchev–Trinajstić information content (AvgIpc) is 3.45. The Labute approximate surface area is 236 Å². The minimum atomic E-state index is -3.32. The summed E-state index contributed by atoms with van der Waals surface area (Å²) < 4.78 is 60.7. The number of benzene rings is 3. The summed E-state index contributed by atoms with van der Waals surface area (Å²) in [4.78, 5) is 8.35. The maximum atomic E-state index is 14.6. The molecule has 10 nitrogen and oxygen atoms in total. The molecule has 0 bridgehead atoms. The lowest BCUT2D eigenvalue weighted by Gasteiger charge is -2.37. The van der Waals surface area contributed by atoms with E-state index in [1.54, 1.807) is 24.3 Å². The molecule has 13 heteroatoms. The standard InChI is InChI=1S/C28H30F2N6O4S/c1-41(38,39)33-22-3-5-23(6-4-22)34-12-14-35(15-13-34)24-7-9-25(10-8-24)40-18-28(37,17-36-20-31-19-32-36)26-11-2-21(29)16-27(26)30/h2-11,16,19-20,33,37H,12-15,17-18H2,1H3. The summed E-state index contributed by atoms with van der Waals surface area (Å²) in [6.45, 7) is 2.70. The van der Waals surface area contributed by atoms with Gasteiger partial charge in [-0.3, -0.25) is 4.72 Å². The van der Waals surface area contributed by atoms with Gasteiger partial charge in [-0.05, 0) is 54.6 Å². The fourth-order valence-electron chi connectivity index (χ4n) is 4.79. The van der Waals surface area contributed by atoms with Crippen LogP contribution >= 0.6 is 0 Å². The van der Waals surface area contributed by atoms with Crippen molar-refractivity contribution in [1.82, 2.24) is 14.8 Å². The Morgan fingerprint density at radius 3 is 2.10 bits per heavy atom. The van der Waals surface area contributed by atoms with E-state index in [0.717, 1.165) is 55.9 Å². The van der Waals surface area contributed by atoms with Gasteiger partial charge in [0.05, 0.1) is 12.8 Å². The van der Waals surface area contributed by atoms with E-state index in [2.05, 4.69) is 24.6 Å². The second-order valence-electron chi connectivity index (χ2n) is 9.93. The highest BCUT2D eigenvalue weighted by atomic mass is 32.2. The third-order valence-electron chi connectivity index (χ3n) is 6.82. The first-order valence-electron chi connectivity index (χ1n) is 12.9. The van der Waals surface area contributed by atoms with Gasteiger partial charge in [0, 0.05) is 54.9 Å². The number of ether oxygens (including phenoxy) is 1. The maximum Gasteiger partial charge on any atom is 0.229 e. The molecule has 41 heavy (non-hydrogen) atoms. The largest absolute Gasteiger partial charge is 0.490 e. The molecule has 0 amide bonds. The van der Waals surface area contributed by atoms with Crippen LogP contribution in [0.5, 0.6) is 5.75 Å². The Balaban J connectivity index is 1.20. The molecule has 1 unspecified atom stereocenters. The van der Waals surface area contributed by atoms with Crippen LogP contribution in [-0.2, 0) is 22.2 Å². The van der Waals surface area contributed by atoms with Crippen molar-refractivity contribution in [3.63, 3.8) is 0 Å². The number of aromatic nitrogens is 3. The minimum absolute atomic E-state index is 0.106. The van der Waals surface area contributed by atoms with Crippen LogP contribution in [-0.4, -0.2) is 67.3 Å². The molecule has 216 valence electrons. The number of aliphatic hydroxyl groups is 1. The normalized spacial score (nSPS) is 15.4. The summed E-state index contributed by atoms with van der Waals surface area (Å²) in [5.41, 5.74) is 0.608. The Morgan fingerprint density at radius 1 is 0.951 bits per heavy atom. The monoisotopic (exact) mass is 584 g/mol. The van der Waals surface area contributed by atoms with Crippen LogP contribution < -0.4 is 19.3 Å². The summed E-state index contributed by atoms with van der Waals surface area (Å²) in [6, 6.07) is 17.7. The SMILES string of the molecule is CS(=O)(=O)Nc1ccc(N2CCN(c3ccc(OCC(O)(Cn4cncn4)c4ccc(F)cc4F)cc3)CC2)cc1. The number of nitrogens with zero attached hydrogens (tertiary/aromatic N) is 5. The summed E-state index contributed by atoms with van der Waals surface area (Å²) >= 11 is 0. The number of piperazine rings is 1. The van der Waals surface area contributed by atoms with E-state index >= 15 is 0 Å². The Morgan fingerprint density at radius 2 is 1.56 bits per heavy atom. The van der Waals surface area contributed by atoms with Gasteiger partial charge in [-0.2, -0.15) is 5.10 Å². The van der Waals surface area contributed by atoms with E-state index in [1.807, 2.05) is 24.3 Å². The first-order valence-corrected chi connectivity index (χ1v) is 14.8. The first kappa shape index (κ1) is 28.3. The lowest BCUT2D eigenvalue weighted by Crippen LogP contribution is -2.46. The number of rotatable bonds is 10. The van der Waals surface area contributed by atoms with Crippen LogP contribution in [0.25, 0.3) is 0 Å². The quantitative estimate of drug-likeness (QED) is 0.292. The topological polar surface area (TPSA) is 113 Å². The minimum Gasteiger partial charge on any atom is -0.490 e. The van der Waals surface area contributed by atoms with E-state index in [-0.39, 0.29) is 18.7 Å². The van der Waals surface area contributed by atoms with Crippen LogP contribution in [0, 0.1) is 11.6 Å². The van der Waals surface area contributed by atoms with Gasteiger partial charge in [-0.25, -0.2) is 26.9 Å². The lowest BCUT2D eigenvalue weighted by atomic mass is 9.94.